The Morgan fingerprint density at radius 1 is 1.14 bits per heavy atom. The second-order valence-corrected chi connectivity index (χ2v) is 6.57. The fourth-order valence-electron chi connectivity index (χ4n) is 3.28. The second-order valence-electron chi connectivity index (χ2n) is 6.57. The Balaban J connectivity index is 1.69. The monoisotopic (exact) mass is 377 g/mol. The summed E-state index contributed by atoms with van der Waals surface area (Å²) in [7, 11) is 0. The summed E-state index contributed by atoms with van der Waals surface area (Å²) in [6.07, 6.45) is 0. The maximum absolute atomic E-state index is 13.0. The third-order valence-electron chi connectivity index (χ3n) is 4.69. The van der Waals surface area contributed by atoms with Crippen LogP contribution in [0.5, 0.6) is 5.75 Å². The van der Waals surface area contributed by atoms with Crippen LogP contribution in [0.3, 0.4) is 0 Å². The lowest BCUT2D eigenvalue weighted by Gasteiger charge is -2.27. The number of carbonyl (C=O) groups is 1. The summed E-state index contributed by atoms with van der Waals surface area (Å²) in [6, 6.07) is 17.3. The number of aromatic nitrogens is 1. The Bertz CT molecular complexity index is 966. The van der Waals surface area contributed by atoms with Crippen LogP contribution in [-0.2, 0) is 4.74 Å². The molecule has 144 valence electrons. The van der Waals surface area contributed by atoms with Gasteiger partial charge in [0.2, 0.25) is 0 Å². The van der Waals surface area contributed by atoms with Gasteiger partial charge < -0.3 is 9.47 Å². The van der Waals surface area contributed by atoms with Crippen molar-refractivity contribution in [2.45, 2.75) is 6.92 Å². The van der Waals surface area contributed by atoms with Crippen LogP contribution in [0, 0.1) is 0 Å². The van der Waals surface area contributed by atoms with Crippen LogP contribution >= 0.6 is 0 Å². The number of hydrazine groups is 1. The minimum absolute atomic E-state index is 0.132. The van der Waals surface area contributed by atoms with Crippen molar-refractivity contribution < 1.29 is 14.3 Å². The molecule has 4 rings (SSSR count). The maximum Gasteiger partial charge on any atom is 0.266 e. The van der Waals surface area contributed by atoms with E-state index < -0.39 is 0 Å². The lowest BCUT2D eigenvalue weighted by molar-refractivity contribution is 0.0127. The van der Waals surface area contributed by atoms with Crippen LogP contribution < -0.4 is 10.2 Å². The number of benzene rings is 2. The summed E-state index contributed by atoms with van der Waals surface area (Å²) < 4.78 is 10.9. The Kier molecular flexibility index (Phi) is 5.50. The molecule has 1 amide bonds. The van der Waals surface area contributed by atoms with E-state index in [0.717, 1.165) is 27.9 Å². The van der Waals surface area contributed by atoms with E-state index in [1.807, 2.05) is 66.5 Å². The predicted molar refractivity (Wildman–Crippen MR) is 108 cm³/mol. The van der Waals surface area contributed by atoms with E-state index in [-0.39, 0.29) is 5.91 Å². The largest absolute Gasteiger partial charge is 0.494 e. The molecule has 0 spiro atoms. The predicted octanol–water partition coefficient (Wildman–Crippen LogP) is 3.28. The highest BCUT2D eigenvalue weighted by molar-refractivity contribution is 6.07. The highest BCUT2D eigenvalue weighted by atomic mass is 16.5. The van der Waals surface area contributed by atoms with Gasteiger partial charge in [-0.25, -0.2) is 9.99 Å². The van der Waals surface area contributed by atoms with Crippen molar-refractivity contribution in [2.75, 3.05) is 32.9 Å². The van der Waals surface area contributed by atoms with Crippen LogP contribution in [0.2, 0.25) is 0 Å². The van der Waals surface area contributed by atoms with Gasteiger partial charge in [0.15, 0.2) is 0 Å². The van der Waals surface area contributed by atoms with E-state index in [4.69, 9.17) is 14.5 Å². The van der Waals surface area contributed by atoms with Gasteiger partial charge in [-0.05, 0) is 43.3 Å². The van der Waals surface area contributed by atoms with E-state index in [2.05, 4.69) is 5.43 Å². The number of rotatable bonds is 5. The maximum atomic E-state index is 13.0. The molecule has 28 heavy (non-hydrogen) atoms. The zero-order chi connectivity index (χ0) is 19.3. The van der Waals surface area contributed by atoms with Crippen LogP contribution in [0.4, 0.5) is 0 Å². The Morgan fingerprint density at radius 3 is 2.64 bits per heavy atom. The average molecular weight is 377 g/mol. The molecule has 0 bridgehead atoms. The first-order chi connectivity index (χ1) is 13.7. The molecule has 0 saturated carbocycles. The standard InChI is InChI=1S/C22H23N3O3/c1-2-28-17-9-7-16(8-10-17)21-15-19(18-5-3-4-6-20(18)23-21)22(26)24-25-11-13-27-14-12-25/h3-10,15H,2,11-14H2,1H3,(H,24,26). The normalized spacial score (nSPS) is 14.8. The molecule has 3 aromatic rings. The van der Waals surface area contributed by atoms with E-state index in [1.54, 1.807) is 0 Å². The van der Waals surface area contributed by atoms with Gasteiger partial charge in [0.05, 0.1) is 36.6 Å². The summed E-state index contributed by atoms with van der Waals surface area (Å²) in [6.45, 7) is 5.18. The molecule has 6 nitrogen and oxygen atoms in total. The first kappa shape index (κ1) is 18.4. The number of hydrogen-bond acceptors (Lipinski definition) is 5. The third kappa shape index (κ3) is 3.98. The molecule has 0 atom stereocenters. The summed E-state index contributed by atoms with van der Waals surface area (Å²) in [5.41, 5.74) is 6.10. The zero-order valence-electron chi connectivity index (χ0n) is 15.9. The number of nitrogens with zero attached hydrogens (tertiary/aromatic N) is 2. The van der Waals surface area contributed by atoms with Gasteiger partial charge in [0.1, 0.15) is 5.75 Å². The number of amides is 1. The van der Waals surface area contributed by atoms with Crippen molar-refractivity contribution in [2.24, 2.45) is 0 Å². The molecule has 1 fully saturated rings. The molecule has 0 radical (unpaired) electrons. The molecule has 1 saturated heterocycles. The van der Waals surface area contributed by atoms with E-state index >= 15 is 0 Å². The van der Waals surface area contributed by atoms with Gasteiger partial charge in [-0.1, -0.05) is 18.2 Å². The quantitative estimate of drug-likeness (QED) is 0.739. The molecule has 1 aliphatic rings. The molecule has 0 unspecified atom stereocenters. The highest BCUT2D eigenvalue weighted by Crippen LogP contribution is 2.26. The van der Waals surface area contributed by atoms with Gasteiger partial charge in [0.25, 0.3) is 5.91 Å². The summed E-state index contributed by atoms with van der Waals surface area (Å²) in [4.78, 5) is 17.8. The average Bonchev–Trinajstić information content (AvgIpc) is 2.74. The summed E-state index contributed by atoms with van der Waals surface area (Å²) in [5.74, 6) is 0.685. The van der Waals surface area contributed by atoms with Crippen molar-refractivity contribution in [1.29, 1.82) is 0 Å². The molecule has 0 aliphatic carbocycles. The topological polar surface area (TPSA) is 63.7 Å². The Hall–Kier alpha value is -2.96. The molecular weight excluding hydrogens is 354 g/mol. The van der Waals surface area contributed by atoms with Gasteiger partial charge >= 0.3 is 0 Å². The fraction of sp³-hybridized carbons (Fsp3) is 0.273. The second kappa shape index (κ2) is 8.37. The van der Waals surface area contributed by atoms with Crippen molar-refractivity contribution in [3.05, 3.63) is 60.2 Å². The Labute approximate surface area is 164 Å². The van der Waals surface area contributed by atoms with Crippen LogP contribution in [0.15, 0.2) is 54.6 Å². The van der Waals surface area contributed by atoms with Crippen molar-refractivity contribution in [3.8, 4) is 17.0 Å². The summed E-state index contributed by atoms with van der Waals surface area (Å²) in [5, 5.41) is 2.74. The molecule has 2 aromatic carbocycles. The molecule has 6 heteroatoms. The fourth-order valence-corrected chi connectivity index (χ4v) is 3.28. The van der Waals surface area contributed by atoms with E-state index in [0.29, 0.717) is 38.5 Å². The molecular formula is C22H23N3O3. The number of para-hydroxylation sites is 1. The lowest BCUT2D eigenvalue weighted by atomic mass is 10.0. The van der Waals surface area contributed by atoms with Crippen LogP contribution in [-0.4, -0.2) is 48.8 Å². The van der Waals surface area contributed by atoms with Crippen molar-refractivity contribution >= 4 is 16.8 Å². The number of pyridine rings is 1. The van der Waals surface area contributed by atoms with Crippen LogP contribution in [0.1, 0.15) is 17.3 Å². The van der Waals surface area contributed by atoms with Crippen LogP contribution in [0.25, 0.3) is 22.2 Å². The lowest BCUT2D eigenvalue weighted by Crippen LogP contribution is -2.48. The number of carbonyl (C=O) groups excluding carboxylic acids is 1. The zero-order valence-corrected chi connectivity index (χ0v) is 15.9. The number of nitrogens with one attached hydrogen (secondary N) is 1. The molecule has 1 N–H and O–H groups in total. The first-order valence-corrected chi connectivity index (χ1v) is 9.51. The van der Waals surface area contributed by atoms with E-state index in [1.165, 1.54) is 0 Å². The number of fused-ring (bicyclic) bond motifs is 1. The molecule has 2 heterocycles. The smallest absolute Gasteiger partial charge is 0.266 e. The van der Waals surface area contributed by atoms with E-state index in [9.17, 15) is 4.79 Å². The van der Waals surface area contributed by atoms with Gasteiger partial charge in [-0.15, -0.1) is 0 Å². The van der Waals surface area contributed by atoms with Gasteiger partial charge in [-0.3, -0.25) is 10.2 Å². The minimum Gasteiger partial charge on any atom is -0.494 e. The third-order valence-corrected chi connectivity index (χ3v) is 4.69. The minimum atomic E-state index is -0.132. The Morgan fingerprint density at radius 2 is 1.89 bits per heavy atom. The SMILES string of the molecule is CCOc1ccc(-c2cc(C(=O)NN3CCOCC3)c3ccccc3n2)cc1. The van der Waals surface area contributed by atoms with Gasteiger partial charge in [0, 0.05) is 24.0 Å². The molecule has 1 aliphatic heterocycles. The number of hydrogen-bond donors (Lipinski definition) is 1. The molecule has 1 aromatic heterocycles. The first-order valence-electron chi connectivity index (χ1n) is 9.51. The van der Waals surface area contributed by atoms with Gasteiger partial charge in [-0.2, -0.15) is 0 Å². The number of morpholine rings is 1. The summed E-state index contributed by atoms with van der Waals surface area (Å²) >= 11 is 0. The van der Waals surface area contributed by atoms with Crippen molar-refractivity contribution in [3.63, 3.8) is 0 Å². The number of ether oxygens (including phenoxy) is 2. The van der Waals surface area contributed by atoms with Crippen molar-refractivity contribution in [1.82, 2.24) is 15.4 Å². The highest BCUT2D eigenvalue weighted by Gasteiger charge is 2.18.